The number of ether oxygens (including phenoxy) is 3. The largest absolute Gasteiger partial charge is 0.486 e. The zero-order chi connectivity index (χ0) is 20.3. The molecule has 28 heavy (non-hydrogen) atoms. The van der Waals surface area contributed by atoms with E-state index >= 15 is 0 Å². The van der Waals surface area contributed by atoms with Gasteiger partial charge in [0.15, 0.2) is 17.6 Å². The molecule has 0 radical (unpaired) electrons. The van der Waals surface area contributed by atoms with Gasteiger partial charge in [-0.3, -0.25) is 14.9 Å². The van der Waals surface area contributed by atoms with Crippen LogP contribution in [-0.4, -0.2) is 36.1 Å². The van der Waals surface area contributed by atoms with Crippen molar-refractivity contribution in [1.82, 2.24) is 0 Å². The van der Waals surface area contributed by atoms with Gasteiger partial charge in [0.05, 0.1) is 10.5 Å². The first-order valence-corrected chi connectivity index (χ1v) is 8.30. The Hall–Kier alpha value is -3.82. The number of nitro benzene ring substituents is 1. The van der Waals surface area contributed by atoms with Gasteiger partial charge in [-0.1, -0.05) is 0 Å². The van der Waals surface area contributed by atoms with Crippen LogP contribution in [0.2, 0.25) is 0 Å². The summed E-state index contributed by atoms with van der Waals surface area (Å²) in [6, 6.07) is 8.41. The number of rotatable bonds is 5. The van der Waals surface area contributed by atoms with Gasteiger partial charge in [-0.15, -0.1) is 0 Å². The number of fused-ring (bicyclic) bond motifs is 1. The van der Waals surface area contributed by atoms with E-state index in [0.717, 1.165) is 6.07 Å². The smallest absolute Gasteiger partial charge is 0.339 e. The Balaban J connectivity index is 1.65. The second kappa shape index (κ2) is 7.82. The van der Waals surface area contributed by atoms with Gasteiger partial charge < -0.3 is 25.3 Å². The number of nitrogens with one attached hydrogen (secondary N) is 1. The van der Waals surface area contributed by atoms with Gasteiger partial charge in [-0.2, -0.15) is 0 Å². The maximum absolute atomic E-state index is 12.3. The van der Waals surface area contributed by atoms with Gasteiger partial charge in [0.25, 0.3) is 11.6 Å². The summed E-state index contributed by atoms with van der Waals surface area (Å²) in [6.45, 7) is 2.25. The van der Waals surface area contributed by atoms with Crippen molar-refractivity contribution in [1.29, 1.82) is 0 Å². The Kier molecular flexibility index (Phi) is 5.30. The van der Waals surface area contributed by atoms with Crippen LogP contribution in [0.5, 0.6) is 11.5 Å². The molecule has 2 aromatic rings. The third-order valence-corrected chi connectivity index (χ3v) is 3.93. The maximum atomic E-state index is 12.3. The second-order valence-corrected chi connectivity index (χ2v) is 5.93. The summed E-state index contributed by atoms with van der Waals surface area (Å²) in [5.74, 6) is -0.376. The molecule has 10 heteroatoms. The van der Waals surface area contributed by atoms with E-state index < -0.39 is 28.6 Å². The number of nitrogens with two attached hydrogens (primary N) is 1. The number of anilines is 2. The molecular formula is C18H17N3O7. The summed E-state index contributed by atoms with van der Waals surface area (Å²) >= 11 is 0. The zero-order valence-corrected chi connectivity index (χ0v) is 14.8. The van der Waals surface area contributed by atoms with Crippen LogP contribution in [0, 0.1) is 10.1 Å². The van der Waals surface area contributed by atoms with Crippen LogP contribution < -0.4 is 20.5 Å². The Morgan fingerprint density at radius 3 is 2.61 bits per heavy atom. The third-order valence-electron chi connectivity index (χ3n) is 3.93. The standard InChI is InChI=1S/C18H17N3O7/c1-10(28-18(23)11-2-4-13(19)14(8-11)21(24)25)17(22)20-12-3-5-15-16(9-12)27-7-6-26-15/h2-5,8-10H,6-7,19H2,1H3,(H,20,22)/t10-/m0/s1. The van der Waals surface area contributed by atoms with Crippen molar-refractivity contribution in [3.63, 3.8) is 0 Å². The highest BCUT2D eigenvalue weighted by molar-refractivity contribution is 5.98. The van der Waals surface area contributed by atoms with Crippen LogP contribution in [0.1, 0.15) is 17.3 Å². The highest BCUT2D eigenvalue weighted by Crippen LogP contribution is 2.32. The molecule has 1 amide bonds. The van der Waals surface area contributed by atoms with Gasteiger partial charge in [-0.25, -0.2) is 4.79 Å². The molecule has 0 aromatic heterocycles. The number of esters is 1. The van der Waals surface area contributed by atoms with E-state index in [9.17, 15) is 19.7 Å². The highest BCUT2D eigenvalue weighted by Gasteiger charge is 2.22. The lowest BCUT2D eigenvalue weighted by molar-refractivity contribution is -0.383. The fourth-order valence-corrected chi connectivity index (χ4v) is 2.48. The monoisotopic (exact) mass is 387 g/mol. The predicted molar refractivity (Wildman–Crippen MR) is 98.4 cm³/mol. The van der Waals surface area contributed by atoms with Crippen molar-refractivity contribution in [3.05, 3.63) is 52.1 Å². The molecule has 0 bridgehead atoms. The molecule has 1 heterocycles. The lowest BCUT2D eigenvalue weighted by atomic mass is 10.2. The van der Waals surface area contributed by atoms with Crippen LogP contribution in [0.15, 0.2) is 36.4 Å². The molecule has 0 fully saturated rings. The lowest BCUT2D eigenvalue weighted by Crippen LogP contribution is -2.30. The average Bonchev–Trinajstić information content (AvgIpc) is 2.67. The average molecular weight is 387 g/mol. The van der Waals surface area contributed by atoms with Crippen LogP contribution in [0.4, 0.5) is 17.1 Å². The van der Waals surface area contributed by atoms with Crippen molar-refractivity contribution in [2.24, 2.45) is 0 Å². The van der Waals surface area contributed by atoms with Crippen molar-refractivity contribution >= 4 is 28.9 Å². The van der Waals surface area contributed by atoms with Gasteiger partial charge in [0.1, 0.15) is 18.9 Å². The minimum atomic E-state index is -1.14. The van der Waals surface area contributed by atoms with Crippen molar-refractivity contribution in [2.75, 3.05) is 24.3 Å². The number of nitro groups is 1. The van der Waals surface area contributed by atoms with Crippen LogP contribution in [0.3, 0.4) is 0 Å². The number of carbonyl (C=O) groups is 2. The van der Waals surface area contributed by atoms with Gasteiger partial charge in [-0.05, 0) is 31.2 Å². The first-order chi connectivity index (χ1) is 13.3. The number of benzene rings is 2. The second-order valence-electron chi connectivity index (χ2n) is 5.93. The van der Waals surface area contributed by atoms with Gasteiger partial charge in [0, 0.05) is 17.8 Å². The minimum absolute atomic E-state index is 0.0778. The first kappa shape index (κ1) is 19.0. The van der Waals surface area contributed by atoms with Crippen LogP contribution >= 0.6 is 0 Å². The zero-order valence-electron chi connectivity index (χ0n) is 14.8. The summed E-state index contributed by atoms with van der Waals surface area (Å²) in [5.41, 5.74) is 5.37. The maximum Gasteiger partial charge on any atom is 0.339 e. The number of nitrogens with zero attached hydrogens (tertiary/aromatic N) is 1. The number of hydrogen-bond donors (Lipinski definition) is 2. The van der Waals surface area contributed by atoms with Crippen LogP contribution in [0.25, 0.3) is 0 Å². The van der Waals surface area contributed by atoms with E-state index in [2.05, 4.69) is 5.32 Å². The summed E-state index contributed by atoms with van der Waals surface area (Å²) in [6.07, 6.45) is -1.14. The van der Waals surface area contributed by atoms with Crippen molar-refractivity contribution in [3.8, 4) is 11.5 Å². The molecule has 0 aliphatic carbocycles. The molecule has 3 N–H and O–H groups in total. The molecule has 146 valence electrons. The fourth-order valence-electron chi connectivity index (χ4n) is 2.48. The molecule has 0 saturated carbocycles. The van der Waals surface area contributed by atoms with E-state index in [1.54, 1.807) is 18.2 Å². The Labute approximate surface area is 159 Å². The Morgan fingerprint density at radius 1 is 1.18 bits per heavy atom. The summed E-state index contributed by atoms with van der Waals surface area (Å²) in [4.78, 5) is 34.7. The molecule has 1 aliphatic rings. The molecule has 10 nitrogen and oxygen atoms in total. The number of hydrogen-bond acceptors (Lipinski definition) is 8. The third kappa shape index (κ3) is 4.11. The predicted octanol–water partition coefficient (Wildman–Crippen LogP) is 2.13. The molecule has 0 unspecified atom stereocenters. The SMILES string of the molecule is C[C@H](OC(=O)c1ccc(N)c([N+](=O)[O-])c1)C(=O)Nc1ccc2c(c1)OCCO2. The highest BCUT2D eigenvalue weighted by atomic mass is 16.6. The molecule has 0 spiro atoms. The van der Waals surface area contributed by atoms with Gasteiger partial charge >= 0.3 is 5.97 Å². The summed E-state index contributed by atoms with van der Waals surface area (Å²) < 4.78 is 15.9. The van der Waals surface area contributed by atoms with E-state index in [0.29, 0.717) is 30.4 Å². The van der Waals surface area contributed by atoms with E-state index in [-0.39, 0.29) is 11.3 Å². The number of nitrogen functional groups attached to an aromatic ring is 1. The molecule has 0 saturated heterocycles. The van der Waals surface area contributed by atoms with E-state index in [1.807, 2.05) is 0 Å². The minimum Gasteiger partial charge on any atom is -0.486 e. The summed E-state index contributed by atoms with van der Waals surface area (Å²) in [7, 11) is 0. The normalized spacial score (nSPS) is 13.3. The number of carbonyl (C=O) groups excluding carboxylic acids is 2. The topological polar surface area (TPSA) is 143 Å². The Morgan fingerprint density at radius 2 is 1.89 bits per heavy atom. The number of amides is 1. The molecule has 2 aromatic carbocycles. The lowest BCUT2D eigenvalue weighted by Gasteiger charge is -2.19. The Bertz CT molecular complexity index is 945. The molecule has 1 atom stereocenters. The first-order valence-electron chi connectivity index (χ1n) is 8.30. The van der Waals surface area contributed by atoms with Crippen molar-refractivity contribution in [2.45, 2.75) is 13.0 Å². The van der Waals surface area contributed by atoms with E-state index in [4.69, 9.17) is 19.9 Å². The molecule has 1 aliphatic heterocycles. The van der Waals surface area contributed by atoms with Crippen LogP contribution in [-0.2, 0) is 9.53 Å². The molecule has 3 rings (SSSR count). The van der Waals surface area contributed by atoms with Crippen molar-refractivity contribution < 1.29 is 28.7 Å². The van der Waals surface area contributed by atoms with E-state index in [1.165, 1.54) is 19.1 Å². The molecular weight excluding hydrogens is 370 g/mol. The quantitative estimate of drug-likeness (QED) is 0.344. The summed E-state index contributed by atoms with van der Waals surface area (Å²) in [5, 5.41) is 13.5. The fraction of sp³-hybridized carbons (Fsp3) is 0.222. The van der Waals surface area contributed by atoms with Gasteiger partial charge in [0.2, 0.25) is 0 Å².